The lowest BCUT2D eigenvalue weighted by Crippen LogP contribution is -2.53. The lowest BCUT2D eigenvalue weighted by molar-refractivity contribution is 0.0257. The second-order valence-corrected chi connectivity index (χ2v) is 5.91. The molecule has 1 saturated heterocycles. The summed E-state index contributed by atoms with van der Waals surface area (Å²) in [5.41, 5.74) is 5.15. The van der Waals surface area contributed by atoms with Crippen LogP contribution in [0.1, 0.15) is 63.3 Å². The Morgan fingerprint density at radius 2 is 1.94 bits per heavy atom. The summed E-state index contributed by atoms with van der Waals surface area (Å²) < 4.78 is 5.57. The SMILES string of the molecule is CC1CCCC(C)N1NC1CCCc2occc21. The summed E-state index contributed by atoms with van der Waals surface area (Å²) in [5, 5.41) is 2.48. The van der Waals surface area contributed by atoms with Gasteiger partial charge in [0.1, 0.15) is 5.76 Å². The summed E-state index contributed by atoms with van der Waals surface area (Å²) >= 11 is 0. The summed E-state index contributed by atoms with van der Waals surface area (Å²) in [6.45, 7) is 4.67. The molecule has 1 fully saturated rings. The predicted molar refractivity (Wildman–Crippen MR) is 72.1 cm³/mol. The Morgan fingerprint density at radius 1 is 1.17 bits per heavy atom. The van der Waals surface area contributed by atoms with Gasteiger partial charge in [0.2, 0.25) is 0 Å². The van der Waals surface area contributed by atoms with Crippen LogP contribution >= 0.6 is 0 Å². The molecule has 1 aromatic rings. The highest BCUT2D eigenvalue weighted by Crippen LogP contribution is 2.32. The van der Waals surface area contributed by atoms with E-state index in [1.54, 1.807) is 0 Å². The number of piperidine rings is 1. The van der Waals surface area contributed by atoms with Gasteiger partial charge < -0.3 is 4.42 Å². The number of hydrazine groups is 1. The summed E-state index contributed by atoms with van der Waals surface area (Å²) in [6.07, 6.45) is 9.38. The number of nitrogens with one attached hydrogen (secondary N) is 1. The van der Waals surface area contributed by atoms with Crippen molar-refractivity contribution in [1.29, 1.82) is 0 Å². The van der Waals surface area contributed by atoms with E-state index >= 15 is 0 Å². The smallest absolute Gasteiger partial charge is 0.108 e. The van der Waals surface area contributed by atoms with Crippen molar-refractivity contribution < 1.29 is 4.42 Å². The minimum atomic E-state index is 0.454. The van der Waals surface area contributed by atoms with Gasteiger partial charge in [-0.25, -0.2) is 10.4 Å². The van der Waals surface area contributed by atoms with E-state index < -0.39 is 0 Å². The number of hydrogen-bond acceptors (Lipinski definition) is 3. The van der Waals surface area contributed by atoms with Crippen molar-refractivity contribution in [1.82, 2.24) is 10.4 Å². The van der Waals surface area contributed by atoms with Crippen LogP contribution in [-0.4, -0.2) is 17.1 Å². The highest BCUT2D eigenvalue weighted by molar-refractivity contribution is 5.23. The molecule has 3 heteroatoms. The molecule has 2 heterocycles. The van der Waals surface area contributed by atoms with Gasteiger partial charge in [0.05, 0.1) is 6.26 Å². The minimum Gasteiger partial charge on any atom is -0.469 e. The Kier molecular flexibility index (Phi) is 3.44. The zero-order chi connectivity index (χ0) is 12.5. The normalized spacial score (nSPS) is 33.3. The third-order valence-electron chi connectivity index (χ3n) is 4.55. The topological polar surface area (TPSA) is 28.4 Å². The van der Waals surface area contributed by atoms with Gasteiger partial charge >= 0.3 is 0 Å². The van der Waals surface area contributed by atoms with Crippen LogP contribution in [0.4, 0.5) is 0 Å². The van der Waals surface area contributed by atoms with Crippen LogP contribution in [0.15, 0.2) is 16.7 Å². The number of hydrogen-bond donors (Lipinski definition) is 1. The molecule has 1 aromatic heterocycles. The molecule has 18 heavy (non-hydrogen) atoms. The van der Waals surface area contributed by atoms with E-state index in [1.165, 1.54) is 43.4 Å². The lowest BCUT2D eigenvalue weighted by atomic mass is 9.93. The van der Waals surface area contributed by atoms with Crippen molar-refractivity contribution in [2.45, 2.75) is 70.5 Å². The number of aryl methyl sites for hydroxylation is 1. The van der Waals surface area contributed by atoms with E-state index in [1.807, 2.05) is 6.26 Å². The molecule has 0 spiro atoms. The zero-order valence-corrected chi connectivity index (χ0v) is 11.5. The molecule has 0 aromatic carbocycles. The van der Waals surface area contributed by atoms with E-state index in [9.17, 15) is 0 Å². The van der Waals surface area contributed by atoms with Crippen molar-refractivity contribution in [3.63, 3.8) is 0 Å². The molecule has 1 aliphatic carbocycles. The molecular weight excluding hydrogens is 224 g/mol. The monoisotopic (exact) mass is 248 g/mol. The first kappa shape index (κ1) is 12.2. The summed E-state index contributed by atoms with van der Waals surface area (Å²) in [6, 6.07) is 3.89. The van der Waals surface area contributed by atoms with Gasteiger partial charge in [-0.15, -0.1) is 0 Å². The molecule has 100 valence electrons. The molecule has 0 bridgehead atoms. The fraction of sp³-hybridized carbons (Fsp3) is 0.733. The Labute approximate surface area is 110 Å². The Balaban J connectivity index is 1.73. The van der Waals surface area contributed by atoms with Crippen LogP contribution in [0.25, 0.3) is 0 Å². The van der Waals surface area contributed by atoms with Gasteiger partial charge in [0, 0.05) is 30.1 Å². The van der Waals surface area contributed by atoms with Crippen LogP contribution < -0.4 is 5.43 Å². The fourth-order valence-electron chi connectivity index (χ4n) is 3.48. The number of fused-ring (bicyclic) bond motifs is 1. The Hall–Kier alpha value is -0.800. The van der Waals surface area contributed by atoms with Crippen molar-refractivity contribution in [3.8, 4) is 0 Å². The van der Waals surface area contributed by atoms with Gasteiger partial charge in [-0.2, -0.15) is 0 Å². The van der Waals surface area contributed by atoms with Crippen LogP contribution in [0.5, 0.6) is 0 Å². The van der Waals surface area contributed by atoms with Gasteiger partial charge in [-0.1, -0.05) is 6.42 Å². The Morgan fingerprint density at radius 3 is 2.72 bits per heavy atom. The second kappa shape index (κ2) is 5.06. The minimum absolute atomic E-state index is 0.454. The zero-order valence-electron chi connectivity index (χ0n) is 11.5. The van der Waals surface area contributed by atoms with Crippen molar-refractivity contribution in [2.24, 2.45) is 0 Å². The molecule has 1 aliphatic heterocycles. The third kappa shape index (κ3) is 2.21. The van der Waals surface area contributed by atoms with Gasteiger partial charge in [0.25, 0.3) is 0 Å². The quantitative estimate of drug-likeness (QED) is 0.869. The molecule has 3 atom stereocenters. The highest BCUT2D eigenvalue weighted by atomic mass is 16.3. The average Bonchev–Trinajstić information content (AvgIpc) is 2.83. The number of rotatable bonds is 2. The van der Waals surface area contributed by atoms with Crippen LogP contribution in [0, 0.1) is 0 Å². The van der Waals surface area contributed by atoms with Gasteiger partial charge in [-0.3, -0.25) is 0 Å². The summed E-state index contributed by atoms with van der Waals surface area (Å²) in [5.74, 6) is 1.19. The van der Waals surface area contributed by atoms with Crippen molar-refractivity contribution in [2.75, 3.05) is 0 Å². The van der Waals surface area contributed by atoms with E-state index in [0.717, 1.165) is 6.42 Å². The molecule has 3 nitrogen and oxygen atoms in total. The maximum atomic E-state index is 5.57. The highest BCUT2D eigenvalue weighted by Gasteiger charge is 2.29. The first-order valence-electron chi connectivity index (χ1n) is 7.36. The van der Waals surface area contributed by atoms with Crippen LogP contribution in [0.3, 0.4) is 0 Å². The number of furan rings is 1. The molecule has 0 amide bonds. The maximum absolute atomic E-state index is 5.57. The Bertz CT molecular complexity index is 391. The molecular formula is C15H24N2O. The van der Waals surface area contributed by atoms with E-state index in [-0.39, 0.29) is 0 Å². The maximum Gasteiger partial charge on any atom is 0.108 e. The predicted octanol–water partition coefficient (Wildman–Crippen LogP) is 3.42. The molecule has 0 saturated carbocycles. The largest absolute Gasteiger partial charge is 0.469 e. The van der Waals surface area contributed by atoms with E-state index in [0.29, 0.717) is 18.1 Å². The van der Waals surface area contributed by atoms with Gasteiger partial charge in [-0.05, 0) is 45.6 Å². The standard InChI is InChI=1S/C15H24N2O/c1-11-5-3-6-12(2)17(11)16-14-7-4-8-15-13(14)9-10-18-15/h9-12,14,16H,3-8H2,1-2H3. The summed E-state index contributed by atoms with van der Waals surface area (Å²) in [7, 11) is 0. The second-order valence-electron chi connectivity index (χ2n) is 5.91. The van der Waals surface area contributed by atoms with Gasteiger partial charge in [0.15, 0.2) is 0 Å². The summed E-state index contributed by atoms with van der Waals surface area (Å²) in [4.78, 5) is 0. The van der Waals surface area contributed by atoms with Crippen molar-refractivity contribution >= 4 is 0 Å². The molecule has 1 N–H and O–H groups in total. The molecule has 2 aliphatic rings. The fourth-order valence-corrected chi connectivity index (χ4v) is 3.48. The van der Waals surface area contributed by atoms with Crippen LogP contribution in [0.2, 0.25) is 0 Å². The first-order valence-corrected chi connectivity index (χ1v) is 7.36. The molecule has 3 unspecified atom stereocenters. The molecule has 0 radical (unpaired) electrons. The van der Waals surface area contributed by atoms with E-state index in [4.69, 9.17) is 4.42 Å². The van der Waals surface area contributed by atoms with E-state index in [2.05, 4.69) is 30.3 Å². The lowest BCUT2D eigenvalue weighted by Gasteiger charge is -2.42. The first-order chi connectivity index (χ1) is 8.75. The van der Waals surface area contributed by atoms with Crippen molar-refractivity contribution in [3.05, 3.63) is 23.7 Å². The third-order valence-corrected chi connectivity index (χ3v) is 4.55. The number of nitrogens with zero attached hydrogens (tertiary/aromatic N) is 1. The average molecular weight is 248 g/mol. The van der Waals surface area contributed by atoms with Crippen LogP contribution in [-0.2, 0) is 6.42 Å². The molecule has 3 rings (SSSR count).